The summed E-state index contributed by atoms with van der Waals surface area (Å²) in [6.07, 6.45) is 1.68. The molecule has 0 aromatic carbocycles. The van der Waals surface area contributed by atoms with Crippen LogP contribution in [0, 0.1) is 19.8 Å². The number of carbonyl (C=O) groups excluding carboxylic acids is 2. The third kappa shape index (κ3) is 4.21. The predicted octanol–water partition coefficient (Wildman–Crippen LogP) is 2.73. The number of carbonyl (C=O) groups is 2. The maximum Gasteiger partial charge on any atom is 0.255 e. The summed E-state index contributed by atoms with van der Waals surface area (Å²) in [6.45, 7) is 6.47. The van der Waals surface area contributed by atoms with Crippen LogP contribution in [0.1, 0.15) is 51.9 Å². The average Bonchev–Trinajstić information content (AvgIpc) is 3.29. The van der Waals surface area contributed by atoms with Crippen LogP contribution in [-0.2, 0) is 10.0 Å². The van der Waals surface area contributed by atoms with Crippen molar-refractivity contribution in [2.24, 2.45) is 5.92 Å². The molecule has 0 unspecified atom stereocenters. The third-order valence-corrected chi connectivity index (χ3v) is 7.95. The monoisotopic (exact) mass is 423 g/mol. The molecule has 7 nitrogen and oxygen atoms in total. The Labute approximate surface area is 169 Å². The van der Waals surface area contributed by atoms with Gasteiger partial charge in [0, 0.05) is 32.3 Å². The zero-order chi connectivity index (χ0) is 20.5. The first-order chi connectivity index (χ1) is 13.2. The second kappa shape index (κ2) is 8.18. The van der Waals surface area contributed by atoms with Crippen molar-refractivity contribution in [2.75, 3.05) is 19.6 Å². The van der Waals surface area contributed by atoms with Gasteiger partial charge in [-0.05, 0) is 49.6 Å². The van der Waals surface area contributed by atoms with Crippen molar-refractivity contribution in [1.82, 2.24) is 14.6 Å². The molecule has 9 heteroatoms. The SMILES string of the molecule is CC(=O)c1[nH]c(C)c(C(=O)N2CCC[C@@H](CNS(=O)(=O)c3cccs3)C2)c1C. The quantitative estimate of drug-likeness (QED) is 0.698. The Morgan fingerprint density at radius 2 is 2.11 bits per heavy atom. The van der Waals surface area contributed by atoms with E-state index in [-0.39, 0.29) is 17.6 Å². The van der Waals surface area contributed by atoms with Crippen molar-refractivity contribution in [3.05, 3.63) is 40.0 Å². The molecule has 0 bridgehead atoms. The second-order valence-corrected chi connectivity index (χ2v) is 10.2. The van der Waals surface area contributed by atoms with E-state index >= 15 is 0 Å². The summed E-state index contributed by atoms with van der Waals surface area (Å²) in [5, 5.41) is 1.73. The summed E-state index contributed by atoms with van der Waals surface area (Å²) in [5.41, 5.74) is 2.38. The Morgan fingerprint density at radius 3 is 2.71 bits per heavy atom. The Kier molecular flexibility index (Phi) is 6.07. The van der Waals surface area contributed by atoms with Gasteiger partial charge in [0.25, 0.3) is 5.91 Å². The van der Waals surface area contributed by atoms with Crippen LogP contribution in [0.25, 0.3) is 0 Å². The van der Waals surface area contributed by atoms with Crippen molar-refractivity contribution in [1.29, 1.82) is 0 Å². The standard InChI is InChI=1S/C19H25N3O4S2/c1-12-17(13(2)21-18(12)14(3)23)19(24)22-8-4-6-15(11-22)10-20-28(25,26)16-7-5-9-27-16/h5,7,9,15,20-21H,4,6,8,10-11H2,1-3H3/t15-/m0/s1. The van der Waals surface area contributed by atoms with Crippen LogP contribution >= 0.6 is 11.3 Å². The highest BCUT2D eigenvalue weighted by Gasteiger charge is 2.29. The molecule has 3 heterocycles. The molecule has 3 rings (SSSR count). The zero-order valence-corrected chi connectivity index (χ0v) is 17.9. The highest BCUT2D eigenvalue weighted by Crippen LogP contribution is 2.24. The Hall–Kier alpha value is -1.97. The van der Waals surface area contributed by atoms with Crippen LogP contribution in [0.3, 0.4) is 0 Å². The number of Topliss-reactive ketones (excluding diaryl/α,β-unsaturated/α-hetero) is 1. The summed E-state index contributed by atoms with van der Waals surface area (Å²) in [6, 6.07) is 3.28. The van der Waals surface area contributed by atoms with Gasteiger partial charge in [-0.1, -0.05) is 6.07 Å². The van der Waals surface area contributed by atoms with Gasteiger partial charge in [0.1, 0.15) is 4.21 Å². The van der Waals surface area contributed by atoms with Gasteiger partial charge in [0.05, 0.1) is 11.3 Å². The number of aromatic nitrogens is 1. The van der Waals surface area contributed by atoms with E-state index in [9.17, 15) is 18.0 Å². The molecule has 2 aromatic rings. The van der Waals surface area contributed by atoms with Crippen molar-refractivity contribution < 1.29 is 18.0 Å². The average molecular weight is 424 g/mol. The first kappa shape index (κ1) is 20.8. The molecule has 1 saturated heterocycles. The molecule has 1 fully saturated rings. The summed E-state index contributed by atoms with van der Waals surface area (Å²) in [7, 11) is -3.50. The number of rotatable bonds is 6. The van der Waals surface area contributed by atoms with Gasteiger partial charge in [0.15, 0.2) is 5.78 Å². The maximum atomic E-state index is 13.1. The fourth-order valence-corrected chi connectivity index (χ4v) is 5.87. The molecule has 2 aromatic heterocycles. The lowest BCUT2D eigenvalue weighted by Gasteiger charge is -2.33. The smallest absolute Gasteiger partial charge is 0.255 e. The number of hydrogen-bond acceptors (Lipinski definition) is 5. The van der Waals surface area contributed by atoms with Crippen molar-refractivity contribution in [2.45, 2.75) is 37.8 Å². The molecular formula is C19H25N3O4S2. The first-order valence-corrected chi connectivity index (χ1v) is 11.6. The number of amides is 1. The molecule has 152 valence electrons. The predicted molar refractivity (Wildman–Crippen MR) is 108 cm³/mol. The number of thiophene rings is 1. The molecule has 28 heavy (non-hydrogen) atoms. The van der Waals surface area contributed by atoms with Crippen molar-refractivity contribution in [3.8, 4) is 0 Å². The van der Waals surface area contributed by atoms with E-state index in [0.29, 0.717) is 46.4 Å². The molecule has 1 atom stereocenters. The highest BCUT2D eigenvalue weighted by molar-refractivity contribution is 7.91. The van der Waals surface area contributed by atoms with Gasteiger partial charge in [0.2, 0.25) is 10.0 Å². The third-order valence-electron chi connectivity index (χ3n) is 5.13. The van der Waals surface area contributed by atoms with Gasteiger partial charge in [-0.3, -0.25) is 9.59 Å². The molecule has 0 aliphatic carbocycles. The minimum absolute atomic E-state index is 0.0549. The van der Waals surface area contributed by atoms with E-state index in [1.807, 2.05) is 0 Å². The van der Waals surface area contributed by atoms with E-state index in [1.54, 1.807) is 36.3 Å². The van der Waals surface area contributed by atoms with Crippen LogP contribution in [0.2, 0.25) is 0 Å². The van der Waals surface area contributed by atoms with E-state index in [0.717, 1.165) is 12.8 Å². The van der Waals surface area contributed by atoms with Gasteiger partial charge in [-0.15, -0.1) is 11.3 Å². The summed E-state index contributed by atoms with van der Waals surface area (Å²) in [5.74, 6) is -0.150. The molecule has 1 aliphatic heterocycles. The number of aryl methyl sites for hydroxylation is 1. The number of H-pyrrole nitrogens is 1. The molecule has 1 amide bonds. The van der Waals surface area contributed by atoms with Crippen molar-refractivity contribution >= 4 is 33.1 Å². The molecule has 0 spiro atoms. The van der Waals surface area contributed by atoms with Crippen LogP contribution in [0.15, 0.2) is 21.7 Å². The van der Waals surface area contributed by atoms with Gasteiger partial charge in [-0.2, -0.15) is 0 Å². The first-order valence-electron chi connectivity index (χ1n) is 9.23. The maximum absolute atomic E-state index is 13.1. The summed E-state index contributed by atoms with van der Waals surface area (Å²) >= 11 is 1.18. The van der Waals surface area contributed by atoms with E-state index in [2.05, 4.69) is 9.71 Å². The largest absolute Gasteiger partial charge is 0.355 e. The molecule has 1 aliphatic rings. The van der Waals surface area contributed by atoms with E-state index in [4.69, 9.17) is 0 Å². The molecule has 0 saturated carbocycles. The molecule has 2 N–H and O–H groups in total. The number of sulfonamides is 1. The lowest BCUT2D eigenvalue weighted by atomic mass is 9.97. The van der Waals surface area contributed by atoms with Gasteiger partial charge >= 0.3 is 0 Å². The van der Waals surface area contributed by atoms with Crippen LogP contribution in [0.5, 0.6) is 0 Å². The van der Waals surface area contributed by atoms with Crippen LogP contribution < -0.4 is 4.72 Å². The number of nitrogens with one attached hydrogen (secondary N) is 2. The summed E-state index contributed by atoms with van der Waals surface area (Å²) in [4.78, 5) is 29.6. The molecule has 0 radical (unpaired) electrons. The number of hydrogen-bond donors (Lipinski definition) is 2. The van der Waals surface area contributed by atoms with Crippen LogP contribution in [0.4, 0.5) is 0 Å². The lowest BCUT2D eigenvalue weighted by molar-refractivity contribution is 0.0675. The minimum Gasteiger partial charge on any atom is -0.355 e. The number of aromatic amines is 1. The Morgan fingerprint density at radius 1 is 1.36 bits per heavy atom. The zero-order valence-electron chi connectivity index (χ0n) is 16.2. The fraction of sp³-hybridized carbons (Fsp3) is 0.474. The number of nitrogens with zero attached hydrogens (tertiary/aromatic N) is 1. The topological polar surface area (TPSA) is 99.3 Å². The van der Waals surface area contributed by atoms with Gasteiger partial charge in [-0.25, -0.2) is 13.1 Å². The lowest BCUT2D eigenvalue weighted by Crippen LogP contribution is -2.43. The number of likely N-dealkylation sites (tertiary alicyclic amines) is 1. The fourth-order valence-electron chi connectivity index (χ4n) is 3.71. The minimum atomic E-state index is -3.50. The summed E-state index contributed by atoms with van der Waals surface area (Å²) < 4.78 is 27.6. The van der Waals surface area contributed by atoms with Gasteiger partial charge < -0.3 is 9.88 Å². The van der Waals surface area contributed by atoms with E-state index < -0.39 is 10.0 Å². The highest BCUT2D eigenvalue weighted by atomic mass is 32.2. The van der Waals surface area contributed by atoms with Crippen molar-refractivity contribution in [3.63, 3.8) is 0 Å². The normalized spacial score (nSPS) is 17.7. The number of piperidine rings is 1. The van der Waals surface area contributed by atoms with E-state index in [1.165, 1.54) is 18.3 Å². The Balaban J connectivity index is 1.68. The second-order valence-electron chi connectivity index (χ2n) is 7.22. The molecular weight excluding hydrogens is 398 g/mol. The Bertz CT molecular complexity index is 977. The van der Waals surface area contributed by atoms with Crippen LogP contribution in [-0.4, -0.2) is 49.6 Å². The number of ketones is 1.